The van der Waals surface area contributed by atoms with Gasteiger partial charge < -0.3 is 15.0 Å². The Hall–Kier alpha value is -1.87. The Morgan fingerprint density at radius 3 is 2.68 bits per heavy atom. The Bertz CT molecular complexity index is 906. The number of ether oxygens (including phenoxy) is 1. The zero-order valence-corrected chi connectivity index (χ0v) is 18.5. The number of thiophene rings is 1. The van der Waals surface area contributed by atoms with Gasteiger partial charge in [0, 0.05) is 6.04 Å². The monoisotopic (exact) mass is 425 g/mol. The second-order valence-electron chi connectivity index (χ2n) is 6.62. The van der Waals surface area contributed by atoms with Gasteiger partial charge in [0.2, 0.25) is 5.91 Å². The summed E-state index contributed by atoms with van der Waals surface area (Å²) < 4.78 is 5.05. The molecule has 2 heterocycles. The molecule has 2 aromatic heterocycles. The van der Waals surface area contributed by atoms with Crippen molar-refractivity contribution in [2.24, 2.45) is 0 Å². The van der Waals surface area contributed by atoms with E-state index in [0.29, 0.717) is 26.5 Å². The molecule has 0 bridgehead atoms. The number of nitrogens with zero attached hydrogens (tertiary/aromatic N) is 1. The van der Waals surface area contributed by atoms with E-state index in [-0.39, 0.29) is 35.1 Å². The van der Waals surface area contributed by atoms with Crippen molar-refractivity contribution >= 4 is 45.2 Å². The number of amides is 1. The molecule has 0 aliphatic carbocycles. The van der Waals surface area contributed by atoms with Crippen LogP contribution in [0.4, 0.5) is 0 Å². The molecular formula is C19H27N3O4S2. The topological polar surface area (TPSA) is 101 Å². The van der Waals surface area contributed by atoms with Crippen molar-refractivity contribution in [3.05, 3.63) is 26.6 Å². The molecule has 154 valence electrons. The predicted octanol–water partition coefficient (Wildman–Crippen LogP) is 3.57. The predicted molar refractivity (Wildman–Crippen MR) is 114 cm³/mol. The van der Waals surface area contributed by atoms with E-state index in [1.54, 1.807) is 13.8 Å². The number of esters is 1. The maximum absolute atomic E-state index is 12.5. The smallest absolute Gasteiger partial charge is 0.348 e. The lowest BCUT2D eigenvalue weighted by molar-refractivity contribution is -0.119. The fraction of sp³-hybridized carbons (Fsp3) is 0.579. The summed E-state index contributed by atoms with van der Waals surface area (Å²) in [6, 6.07) is 0.151. The third-order valence-corrected chi connectivity index (χ3v) is 6.58. The molecule has 2 rings (SSSR count). The van der Waals surface area contributed by atoms with Gasteiger partial charge in [0.25, 0.3) is 5.56 Å². The van der Waals surface area contributed by atoms with Crippen LogP contribution in [-0.2, 0) is 9.53 Å². The molecule has 1 amide bonds. The lowest BCUT2D eigenvalue weighted by Gasteiger charge is -2.14. The summed E-state index contributed by atoms with van der Waals surface area (Å²) in [5, 5.41) is 3.21. The number of hydrogen-bond donors (Lipinski definition) is 2. The number of H-pyrrole nitrogens is 1. The van der Waals surface area contributed by atoms with Crippen LogP contribution >= 0.6 is 23.1 Å². The van der Waals surface area contributed by atoms with Crippen LogP contribution < -0.4 is 10.9 Å². The summed E-state index contributed by atoms with van der Waals surface area (Å²) in [6.45, 7) is 9.70. The molecule has 0 aliphatic rings. The molecule has 0 fully saturated rings. The molecule has 2 atom stereocenters. The molecule has 7 nitrogen and oxygen atoms in total. The molecular weight excluding hydrogens is 398 g/mol. The normalized spacial score (nSPS) is 13.3. The molecule has 2 N–H and O–H groups in total. The standard InChI is InChI=1S/C19H27N3O4S2/c1-6-8-10(3)20-13(23)9-27-12(5)16-21-17(24)14-11(4)15(19(25)26-7-2)28-18(14)22-16/h10,12H,6-9H2,1-5H3,(H,20,23)(H,21,22,24)/t10-,12+/m0/s1. The van der Waals surface area contributed by atoms with Gasteiger partial charge in [-0.3, -0.25) is 9.59 Å². The molecule has 28 heavy (non-hydrogen) atoms. The maximum atomic E-state index is 12.5. The number of thioether (sulfide) groups is 1. The zero-order valence-electron chi connectivity index (χ0n) is 16.9. The van der Waals surface area contributed by atoms with Gasteiger partial charge in [-0.15, -0.1) is 23.1 Å². The number of carbonyl (C=O) groups excluding carboxylic acids is 2. The van der Waals surface area contributed by atoms with Gasteiger partial charge in [-0.2, -0.15) is 0 Å². The van der Waals surface area contributed by atoms with Crippen molar-refractivity contribution in [2.45, 2.75) is 58.8 Å². The SMILES string of the molecule is CCC[C@H](C)NC(=O)CS[C@H](C)c1nc2sc(C(=O)OCC)c(C)c2c(=O)[nH]1. The summed E-state index contributed by atoms with van der Waals surface area (Å²) in [7, 11) is 0. The molecule has 0 saturated carbocycles. The van der Waals surface area contributed by atoms with Crippen LogP contribution in [0.3, 0.4) is 0 Å². The molecule has 0 unspecified atom stereocenters. The Morgan fingerprint density at radius 1 is 1.32 bits per heavy atom. The lowest BCUT2D eigenvalue weighted by Crippen LogP contribution is -2.33. The third-order valence-electron chi connectivity index (χ3n) is 4.26. The minimum absolute atomic E-state index is 0.0298. The van der Waals surface area contributed by atoms with Crippen LogP contribution in [0.15, 0.2) is 4.79 Å². The van der Waals surface area contributed by atoms with E-state index in [0.717, 1.165) is 24.2 Å². The first-order valence-electron chi connectivity index (χ1n) is 9.39. The number of hydrogen-bond acceptors (Lipinski definition) is 7. The second-order valence-corrected chi connectivity index (χ2v) is 8.95. The first-order chi connectivity index (χ1) is 13.3. The van der Waals surface area contributed by atoms with E-state index < -0.39 is 5.97 Å². The van der Waals surface area contributed by atoms with Crippen molar-refractivity contribution < 1.29 is 14.3 Å². The van der Waals surface area contributed by atoms with Crippen molar-refractivity contribution in [1.82, 2.24) is 15.3 Å². The molecule has 0 aliphatic heterocycles. The minimum atomic E-state index is -0.441. The molecule has 0 spiro atoms. The first kappa shape index (κ1) is 22.4. The van der Waals surface area contributed by atoms with E-state index in [9.17, 15) is 14.4 Å². The number of rotatable bonds is 9. The fourth-order valence-corrected chi connectivity index (χ4v) is 4.68. The number of carbonyl (C=O) groups is 2. The van der Waals surface area contributed by atoms with Crippen LogP contribution in [0, 0.1) is 6.92 Å². The van der Waals surface area contributed by atoms with Crippen molar-refractivity contribution in [2.75, 3.05) is 12.4 Å². The lowest BCUT2D eigenvalue weighted by atomic mass is 10.2. The Balaban J connectivity index is 2.15. The number of aromatic nitrogens is 2. The summed E-state index contributed by atoms with van der Waals surface area (Å²) in [4.78, 5) is 44.9. The van der Waals surface area contributed by atoms with E-state index >= 15 is 0 Å². The van der Waals surface area contributed by atoms with Crippen LogP contribution in [0.5, 0.6) is 0 Å². The Kier molecular flexibility index (Phi) is 8.06. The van der Waals surface area contributed by atoms with Gasteiger partial charge in [-0.25, -0.2) is 9.78 Å². The Morgan fingerprint density at radius 2 is 2.04 bits per heavy atom. The maximum Gasteiger partial charge on any atom is 0.348 e. The van der Waals surface area contributed by atoms with Gasteiger partial charge in [0.05, 0.1) is 23.0 Å². The van der Waals surface area contributed by atoms with Gasteiger partial charge in [0.15, 0.2) is 0 Å². The van der Waals surface area contributed by atoms with Crippen LogP contribution in [0.2, 0.25) is 0 Å². The van der Waals surface area contributed by atoms with E-state index in [2.05, 4.69) is 22.2 Å². The van der Waals surface area contributed by atoms with Crippen molar-refractivity contribution in [3.63, 3.8) is 0 Å². The Labute approximate surface area is 172 Å². The highest BCUT2D eigenvalue weighted by atomic mass is 32.2. The highest BCUT2D eigenvalue weighted by Crippen LogP contribution is 2.30. The average molecular weight is 426 g/mol. The summed E-state index contributed by atoms with van der Waals surface area (Å²) in [6.07, 6.45) is 1.96. The summed E-state index contributed by atoms with van der Waals surface area (Å²) >= 11 is 2.57. The van der Waals surface area contributed by atoms with Gasteiger partial charge >= 0.3 is 5.97 Å². The van der Waals surface area contributed by atoms with Gasteiger partial charge in [-0.05, 0) is 39.7 Å². The quantitative estimate of drug-likeness (QED) is 0.596. The summed E-state index contributed by atoms with van der Waals surface area (Å²) in [5.74, 6) is 0.310. The second kappa shape index (κ2) is 10.1. The molecule has 0 saturated heterocycles. The fourth-order valence-electron chi connectivity index (χ4n) is 2.85. The third kappa shape index (κ3) is 5.35. The zero-order chi connectivity index (χ0) is 20.8. The van der Waals surface area contributed by atoms with Crippen molar-refractivity contribution in [1.29, 1.82) is 0 Å². The molecule has 0 radical (unpaired) electrons. The number of fused-ring (bicyclic) bond motifs is 1. The highest BCUT2D eigenvalue weighted by Gasteiger charge is 2.21. The number of aromatic amines is 1. The van der Waals surface area contributed by atoms with E-state index in [4.69, 9.17) is 4.74 Å². The van der Waals surface area contributed by atoms with Crippen molar-refractivity contribution in [3.8, 4) is 0 Å². The van der Waals surface area contributed by atoms with Gasteiger partial charge in [-0.1, -0.05) is 13.3 Å². The van der Waals surface area contributed by atoms with Crippen LogP contribution in [-0.4, -0.2) is 40.2 Å². The van der Waals surface area contributed by atoms with Gasteiger partial charge in [0.1, 0.15) is 15.5 Å². The van der Waals surface area contributed by atoms with E-state index in [1.807, 2.05) is 13.8 Å². The molecule has 2 aromatic rings. The largest absolute Gasteiger partial charge is 0.462 e. The highest BCUT2D eigenvalue weighted by molar-refractivity contribution is 8.00. The first-order valence-corrected chi connectivity index (χ1v) is 11.3. The average Bonchev–Trinajstić information content (AvgIpc) is 2.97. The van der Waals surface area contributed by atoms with Crippen LogP contribution in [0.25, 0.3) is 10.2 Å². The molecule has 0 aromatic carbocycles. The molecule has 9 heteroatoms. The minimum Gasteiger partial charge on any atom is -0.462 e. The number of aryl methyl sites for hydroxylation is 1. The summed E-state index contributed by atoms with van der Waals surface area (Å²) in [5.41, 5.74) is 0.307. The van der Waals surface area contributed by atoms with E-state index in [1.165, 1.54) is 11.8 Å². The van der Waals surface area contributed by atoms with Crippen LogP contribution in [0.1, 0.15) is 66.8 Å². The number of nitrogens with one attached hydrogen (secondary N) is 2.